The maximum Gasteiger partial charge on any atom is 0.305 e. The molecule has 0 saturated carbocycles. The van der Waals surface area contributed by atoms with E-state index in [0.29, 0.717) is 51.2 Å². The molecule has 1 fully saturated rings. The summed E-state index contributed by atoms with van der Waals surface area (Å²) in [6.07, 6.45) is -1.45. The molecule has 0 spiro atoms. The van der Waals surface area contributed by atoms with Crippen LogP contribution in [0.5, 0.6) is 5.75 Å². The van der Waals surface area contributed by atoms with E-state index >= 15 is 38.4 Å². The van der Waals surface area contributed by atoms with E-state index in [-0.39, 0.29) is 69.6 Å². The number of phenols is 1. The maximum atomic E-state index is 15.6. The topological polar surface area (TPSA) is 490 Å². The zero-order valence-electron chi connectivity index (χ0n) is 75.1. The fourth-order valence-corrected chi connectivity index (χ4v) is 17.0. The van der Waals surface area contributed by atoms with E-state index < -0.39 is 205 Å². The molecule has 1 aromatic heterocycles. The number of carboxylic acids is 1. The first-order chi connectivity index (χ1) is 62.3. The van der Waals surface area contributed by atoms with Crippen LogP contribution in [0.2, 0.25) is 5.02 Å². The molecule has 37 heteroatoms. The van der Waals surface area contributed by atoms with Crippen molar-refractivity contribution in [2.45, 2.75) is 178 Å². The molecule has 6 aromatic carbocycles. The summed E-state index contributed by atoms with van der Waals surface area (Å²) in [5.41, 5.74) is 15.3. The predicted molar refractivity (Wildman–Crippen MR) is 497 cm³/mol. The lowest BCUT2D eigenvalue weighted by Gasteiger charge is -2.37. The van der Waals surface area contributed by atoms with E-state index in [1.807, 2.05) is 25.1 Å². The minimum atomic E-state index is -1.90. The first kappa shape index (κ1) is 104. The molecule has 2 heterocycles. The van der Waals surface area contributed by atoms with Gasteiger partial charge in [-0.25, -0.2) is 0 Å². The van der Waals surface area contributed by atoms with Crippen LogP contribution in [0.1, 0.15) is 106 Å². The standard InChI is InChI=1S/C94H119ClN16O18S2/c1-11-12-26-74-92(127)108(7)51-80(115)100-70(47-82(117)118)88(123)106-83(56(4)5)94(129)110(9)75(44-57-21-15-13-16-22-57)89(124)104-71(42-59-28-30-62(48-96)31-29-59)90(125)107(6)50-79(114)99-69(46-63-52-131-77-27-20-19-25-66(63)77)87(122)103-68(41-61-34-38-65(112)39-35-61)86(121)102-67(40-55(2)3)85(120)105-73(84(119)98-49-78(97)113)53-130-54-81(116)101-72(43-60-32-36-64(95)37-33-60)91(126)111(10)76(93(128)109(74)8)45-58-23-17-14-18-24-58/h13-25,27-39,52,55-56,67-76,83,112H,11-12,26,40-51,53-54,96H2,1-10H3,(H2,97,113)(H,98,119)(H,99,114)(H,100,115)(H,101,116)(H,102,121)(H,103,122)(H,104,124)(H,105,120)(H,106,123)(H,117,118). The molecule has 15 N–H and O–H groups in total. The number of thioether (sulfide) groups is 1. The van der Waals surface area contributed by atoms with Crippen molar-refractivity contribution in [3.63, 3.8) is 0 Å². The number of rotatable bonds is 24. The van der Waals surface area contributed by atoms with Crippen molar-refractivity contribution in [1.29, 1.82) is 0 Å². The summed E-state index contributed by atoms with van der Waals surface area (Å²) in [6.45, 7) is 6.39. The summed E-state index contributed by atoms with van der Waals surface area (Å²) in [7, 11) is 6.57. The van der Waals surface area contributed by atoms with Gasteiger partial charge in [0.2, 0.25) is 88.6 Å². The lowest BCUT2D eigenvalue weighted by Crippen LogP contribution is -2.61. The Morgan fingerprint density at radius 1 is 0.489 bits per heavy atom. The molecule has 1 saturated heterocycles. The van der Waals surface area contributed by atoms with Gasteiger partial charge in [-0.2, -0.15) is 0 Å². The molecule has 11 atom stereocenters. The van der Waals surface area contributed by atoms with Gasteiger partial charge in [0.25, 0.3) is 0 Å². The average Bonchev–Trinajstić information content (AvgIpc) is 1.80. The summed E-state index contributed by atoms with van der Waals surface area (Å²) in [4.78, 5) is 241. The summed E-state index contributed by atoms with van der Waals surface area (Å²) >= 11 is 8.51. The normalized spacial score (nSPS) is 21.8. The number of hydrogen-bond donors (Lipinski definition) is 13. The second-order valence-corrected chi connectivity index (χ2v) is 35.8. The van der Waals surface area contributed by atoms with Gasteiger partial charge in [-0.05, 0) is 105 Å². The maximum absolute atomic E-state index is 15.6. The number of aromatic hydroxyl groups is 1. The van der Waals surface area contributed by atoms with E-state index in [1.54, 1.807) is 148 Å². The second kappa shape index (κ2) is 50.4. The number of phenolic OH excluding ortho intramolecular Hbond substituents is 1. The molecule has 11 unspecified atom stereocenters. The molecule has 1 aliphatic heterocycles. The molecule has 7 aromatic rings. The molecule has 0 radical (unpaired) electrons. The van der Waals surface area contributed by atoms with Crippen LogP contribution in [-0.2, 0) is 122 Å². The summed E-state index contributed by atoms with van der Waals surface area (Å²) in [5.74, 6) is -17.2. The Morgan fingerprint density at radius 3 is 1.52 bits per heavy atom. The quantitative estimate of drug-likeness (QED) is 0.0412. The molecule has 0 bridgehead atoms. The van der Waals surface area contributed by atoms with Gasteiger partial charge in [-0.1, -0.05) is 186 Å². The van der Waals surface area contributed by atoms with Gasteiger partial charge in [-0.3, -0.25) is 76.7 Å². The van der Waals surface area contributed by atoms with Crippen molar-refractivity contribution in [2.75, 3.05) is 66.4 Å². The molecule has 0 aliphatic carbocycles. The Labute approximate surface area is 774 Å². The van der Waals surface area contributed by atoms with Crippen molar-refractivity contribution in [2.24, 2.45) is 23.3 Å². The van der Waals surface area contributed by atoms with Gasteiger partial charge in [0, 0.05) is 95.8 Å². The van der Waals surface area contributed by atoms with Gasteiger partial charge in [0.05, 0.1) is 31.8 Å². The Bertz CT molecular complexity index is 5150. The Kier molecular flexibility index (Phi) is 39.8. The molecule has 8 rings (SSSR count). The van der Waals surface area contributed by atoms with Crippen molar-refractivity contribution in [3.05, 3.63) is 207 Å². The highest BCUT2D eigenvalue weighted by molar-refractivity contribution is 8.00. The van der Waals surface area contributed by atoms with Crippen molar-refractivity contribution in [1.82, 2.24) is 72.4 Å². The number of thiophene rings is 1. The third kappa shape index (κ3) is 31.5. The zero-order valence-corrected chi connectivity index (χ0v) is 77.5. The first-order valence-corrected chi connectivity index (χ1v) is 45.6. The highest BCUT2D eigenvalue weighted by Gasteiger charge is 2.42. The summed E-state index contributed by atoms with van der Waals surface area (Å²) in [6, 6.07) is 26.5. The Morgan fingerprint density at radius 2 is 0.954 bits per heavy atom. The molecule has 34 nitrogen and oxygen atoms in total. The number of likely N-dealkylation sites (N-methyl/N-ethyl adjacent to an activating group) is 5. The summed E-state index contributed by atoms with van der Waals surface area (Å²) in [5, 5.41) is 47.6. The number of unbranched alkanes of at least 4 members (excludes halogenated alkanes) is 1. The van der Waals surface area contributed by atoms with E-state index in [1.165, 1.54) is 70.8 Å². The fraction of sp³-hybridized carbons (Fsp3) is 0.426. The van der Waals surface area contributed by atoms with Crippen LogP contribution >= 0.6 is 34.7 Å². The van der Waals surface area contributed by atoms with Gasteiger partial charge < -0.3 is 94.0 Å². The molecule has 15 amide bonds. The number of primary amides is 1. The molecule has 131 heavy (non-hydrogen) atoms. The van der Waals surface area contributed by atoms with Crippen LogP contribution in [0, 0.1) is 11.8 Å². The van der Waals surface area contributed by atoms with Gasteiger partial charge >= 0.3 is 5.97 Å². The van der Waals surface area contributed by atoms with E-state index in [0.717, 1.165) is 51.9 Å². The predicted octanol–water partition coefficient (Wildman–Crippen LogP) is 3.47. The number of amides is 15. The number of carbonyl (C=O) groups excluding carboxylic acids is 15. The zero-order chi connectivity index (χ0) is 95.9. The summed E-state index contributed by atoms with van der Waals surface area (Å²) < 4.78 is 0.825. The number of nitrogens with one attached hydrogen (secondary N) is 9. The molecule has 1 aliphatic rings. The number of halogens is 1. The smallest absolute Gasteiger partial charge is 0.305 e. The van der Waals surface area contributed by atoms with E-state index in [4.69, 9.17) is 23.1 Å². The number of nitrogens with zero attached hydrogens (tertiary/aromatic N) is 5. The van der Waals surface area contributed by atoms with Crippen molar-refractivity contribution in [3.8, 4) is 5.75 Å². The van der Waals surface area contributed by atoms with Crippen LogP contribution < -0.4 is 59.3 Å². The third-order valence-electron chi connectivity index (χ3n) is 22.3. The highest BCUT2D eigenvalue weighted by Crippen LogP contribution is 2.28. The number of nitrogens with two attached hydrogens (primary N) is 2. The Balaban J connectivity index is 1.22. The highest BCUT2D eigenvalue weighted by atomic mass is 35.5. The number of benzene rings is 6. The third-order valence-corrected chi connectivity index (χ3v) is 24.6. The largest absolute Gasteiger partial charge is 0.508 e. The molecular formula is C94H119ClN16O18S2. The SMILES string of the molecule is CCCCC1C(=O)N(C)CC(=O)NC(CC(=O)O)C(=O)NC(C(C)C)C(=O)N(C)C(Cc2ccccc2)C(=O)NC(Cc2ccc(CN)cc2)C(=O)N(C)CC(=O)NC(Cc2csc3ccccc23)C(=O)NC(Cc2ccc(O)cc2)C(=O)NC(CC(C)C)C(=O)NC(C(=O)NCC(N)=O)CSCC(=O)NC(Cc2ccc(Cl)cc2)C(=O)N(C)C(Cc2ccccc2)C(=O)N1C. The van der Waals surface area contributed by atoms with Crippen LogP contribution in [0.3, 0.4) is 0 Å². The molecule has 702 valence electrons. The first-order valence-electron chi connectivity index (χ1n) is 43.2. The van der Waals surface area contributed by atoms with Crippen molar-refractivity contribution < 1.29 is 86.9 Å². The van der Waals surface area contributed by atoms with E-state index in [9.17, 15) is 48.6 Å². The average molecular weight is 1860 g/mol. The number of hydrogen-bond acceptors (Lipinski definition) is 20. The van der Waals surface area contributed by atoms with Crippen LogP contribution in [0.15, 0.2) is 163 Å². The van der Waals surface area contributed by atoms with Crippen molar-refractivity contribution >= 4 is 139 Å². The van der Waals surface area contributed by atoms with Crippen LogP contribution in [0.4, 0.5) is 0 Å². The lowest BCUT2D eigenvalue weighted by atomic mass is 9.98. The minimum Gasteiger partial charge on any atom is -0.508 e. The fourth-order valence-electron chi connectivity index (χ4n) is 15.0. The number of fused-ring (bicyclic) bond motifs is 1. The number of carboxylic acid groups (broad SMARTS) is 1. The van der Waals surface area contributed by atoms with Crippen LogP contribution in [-0.4, -0.2) is 262 Å². The Hall–Kier alpha value is -12.8. The minimum absolute atomic E-state index is 0.0236. The van der Waals surface area contributed by atoms with Crippen LogP contribution in [0.25, 0.3) is 10.1 Å². The second-order valence-electron chi connectivity index (χ2n) is 33.5. The number of aliphatic carboxylic acids is 1. The number of carbonyl (C=O) groups is 16. The van der Waals surface area contributed by atoms with E-state index in [2.05, 4.69) is 47.9 Å². The van der Waals surface area contributed by atoms with Gasteiger partial charge in [-0.15, -0.1) is 23.1 Å². The monoisotopic (exact) mass is 1860 g/mol. The lowest BCUT2D eigenvalue weighted by molar-refractivity contribution is -0.151. The molecular weight excluding hydrogens is 1740 g/mol. The van der Waals surface area contributed by atoms with Gasteiger partial charge in [0.15, 0.2) is 0 Å². The van der Waals surface area contributed by atoms with Gasteiger partial charge in [0.1, 0.15) is 72.2 Å².